The predicted molar refractivity (Wildman–Crippen MR) is 74.8 cm³/mol. The molecule has 3 atom stereocenters. The number of hydrogen-bond acceptors (Lipinski definition) is 2. The van der Waals surface area contributed by atoms with Crippen LogP contribution < -0.4 is 5.32 Å². The van der Waals surface area contributed by atoms with E-state index < -0.39 is 0 Å². The number of nitrogens with one attached hydrogen (secondary N) is 1. The van der Waals surface area contributed by atoms with Gasteiger partial charge in [0.05, 0.1) is 6.10 Å². The lowest BCUT2D eigenvalue weighted by Crippen LogP contribution is -2.67. The number of anilines is 1. The fourth-order valence-corrected chi connectivity index (χ4v) is 3.72. The molecule has 0 bridgehead atoms. The summed E-state index contributed by atoms with van der Waals surface area (Å²) < 4.78 is 5.95. The lowest BCUT2D eigenvalue weighted by atomic mass is 9.55. The molecule has 0 radical (unpaired) electrons. The van der Waals surface area contributed by atoms with Crippen LogP contribution in [0.15, 0.2) is 24.3 Å². The maximum atomic E-state index is 5.95. The van der Waals surface area contributed by atoms with Gasteiger partial charge >= 0.3 is 0 Å². The highest BCUT2D eigenvalue weighted by atomic mass is 16.5. The molecule has 3 rings (SSSR count). The van der Waals surface area contributed by atoms with E-state index in [1.807, 2.05) is 0 Å². The van der Waals surface area contributed by atoms with E-state index in [2.05, 4.69) is 50.4 Å². The van der Waals surface area contributed by atoms with Gasteiger partial charge in [-0.05, 0) is 31.4 Å². The first kappa shape index (κ1) is 12.0. The van der Waals surface area contributed by atoms with Crippen molar-refractivity contribution in [3.8, 4) is 0 Å². The van der Waals surface area contributed by atoms with Gasteiger partial charge < -0.3 is 10.1 Å². The minimum absolute atomic E-state index is 0.243. The Hall–Kier alpha value is -1.02. The third-order valence-electron chi connectivity index (χ3n) is 4.79. The van der Waals surface area contributed by atoms with Crippen molar-refractivity contribution < 1.29 is 4.74 Å². The van der Waals surface area contributed by atoms with Crippen LogP contribution in [0, 0.1) is 18.3 Å². The molecule has 1 N–H and O–H groups in total. The first-order valence-electron chi connectivity index (χ1n) is 7.04. The Morgan fingerprint density at radius 1 is 1.28 bits per heavy atom. The van der Waals surface area contributed by atoms with E-state index in [0.29, 0.717) is 18.1 Å². The van der Waals surface area contributed by atoms with Crippen LogP contribution in [0.3, 0.4) is 0 Å². The number of aryl methyl sites for hydroxylation is 1. The molecule has 0 spiro atoms. The quantitative estimate of drug-likeness (QED) is 0.859. The maximum absolute atomic E-state index is 5.95. The van der Waals surface area contributed by atoms with Crippen molar-refractivity contribution in [1.82, 2.24) is 0 Å². The summed E-state index contributed by atoms with van der Waals surface area (Å²) in [7, 11) is 0. The van der Waals surface area contributed by atoms with Gasteiger partial charge in [-0.15, -0.1) is 0 Å². The molecule has 0 amide bonds. The fraction of sp³-hybridized carbons (Fsp3) is 0.625. The Morgan fingerprint density at radius 3 is 2.83 bits per heavy atom. The Kier molecular flexibility index (Phi) is 2.86. The lowest BCUT2D eigenvalue weighted by molar-refractivity contribution is -0.177. The van der Waals surface area contributed by atoms with Gasteiger partial charge in [0.15, 0.2) is 0 Å². The maximum Gasteiger partial charge on any atom is 0.0693 e. The van der Waals surface area contributed by atoms with E-state index in [4.69, 9.17) is 4.74 Å². The summed E-state index contributed by atoms with van der Waals surface area (Å²) in [5, 5.41) is 3.76. The molecule has 2 nitrogen and oxygen atoms in total. The SMILES string of the molecule is Cc1ccccc1NC1C2CCCOC2C1(C)C. The average molecular weight is 245 g/mol. The van der Waals surface area contributed by atoms with E-state index in [1.165, 1.54) is 24.1 Å². The monoisotopic (exact) mass is 245 g/mol. The van der Waals surface area contributed by atoms with Crippen LogP contribution in [0.25, 0.3) is 0 Å². The van der Waals surface area contributed by atoms with Gasteiger partial charge in [-0.3, -0.25) is 0 Å². The molecule has 2 aliphatic rings. The summed E-state index contributed by atoms with van der Waals surface area (Å²) in [6.45, 7) is 7.77. The van der Waals surface area contributed by atoms with Crippen molar-refractivity contribution in [2.45, 2.75) is 45.8 Å². The van der Waals surface area contributed by atoms with E-state index in [1.54, 1.807) is 0 Å². The van der Waals surface area contributed by atoms with E-state index in [-0.39, 0.29) is 5.41 Å². The van der Waals surface area contributed by atoms with E-state index in [9.17, 15) is 0 Å². The molecule has 98 valence electrons. The first-order valence-corrected chi connectivity index (χ1v) is 7.04. The number of fused-ring (bicyclic) bond motifs is 1. The van der Waals surface area contributed by atoms with Crippen molar-refractivity contribution in [3.05, 3.63) is 29.8 Å². The molecule has 1 saturated heterocycles. The van der Waals surface area contributed by atoms with E-state index >= 15 is 0 Å². The van der Waals surface area contributed by atoms with E-state index in [0.717, 1.165) is 6.61 Å². The summed E-state index contributed by atoms with van der Waals surface area (Å²) >= 11 is 0. The van der Waals surface area contributed by atoms with Gasteiger partial charge in [0.25, 0.3) is 0 Å². The Morgan fingerprint density at radius 2 is 2.06 bits per heavy atom. The average Bonchev–Trinajstić information content (AvgIpc) is 2.38. The lowest BCUT2D eigenvalue weighted by Gasteiger charge is -2.60. The predicted octanol–water partition coefficient (Wildman–Crippen LogP) is 3.61. The molecular weight excluding hydrogens is 222 g/mol. The van der Waals surface area contributed by atoms with Crippen molar-refractivity contribution in [2.24, 2.45) is 11.3 Å². The highest BCUT2D eigenvalue weighted by Gasteiger charge is 2.57. The second-order valence-electron chi connectivity index (χ2n) is 6.36. The molecule has 1 aliphatic heterocycles. The van der Waals surface area contributed by atoms with Gasteiger partial charge in [0.1, 0.15) is 0 Å². The molecule has 1 aromatic carbocycles. The van der Waals surface area contributed by atoms with Crippen molar-refractivity contribution in [3.63, 3.8) is 0 Å². The van der Waals surface area contributed by atoms with Crippen LogP contribution in [0.2, 0.25) is 0 Å². The molecule has 1 aromatic rings. The van der Waals surface area contributed by atoms with Crippen molar-refractivity contribution in [2.75, 3.05) is 11.9 Å². The zero-order chi connectivity index (χ0) is 12.8. The van der Waals surface area contributed by atoms with Crippen LogP contribution in [0.1, 0.15) is 32.3 Å². The number of ether oxygens (including phenoxy) is 1. The molecule has 2 fully saturated rings. The minimum atomic E-state index is 0.243. The summed E-state index contributed by atoms with van der Waals surface area (Å²) in [4.78, 5) is 0. The Labute approximate surface area is 110 Å². The Balaban J connectivity index is 1.78. The third-order valence-corrected chi connectivity index (χ3v) is 4.79. The molecule has 3 unspecified atom stereocenters. The summed E-state index contributed by atoms with van der Waals surface area (Å²) in [6.07, 6.45) is 2.97. The minimum Gasteiger partial charge on any atom is -0.381 e. The molecule has 1 saturated carbocycles. The van der Waals surface area contributed by atoms with Gasteiger partial charge in [-0.1, -0.05) is 32.0 Å². The van der Waals surface area contributed by atoms with Crippen molar-refractivity contribution >= 4 is 5.69 Å². The second kappa shape index (κ2) is 4.27. The zero-order valence-corrected chi connectivity index (χ0v) is 11.6. The fourth-order valence-electron chi connectivity index (χ4n) is 3.72. The highest BCUT2D eigenvalue weighted by Crippen LogP contribution is 2.52. The molecule has 2 heteroatoms. The molecule has 18 heavy (non-hydrogen) atoms. The number of rotatable bonds is 2. The normalized spacial score (nSPS) is 33.4. The largest absolute Gasteiger partial charge is 0.381 e. The number of para-hydroxylation sites is 1. The molecule has 1 heterocycles. The zero-order valence-electron chi connectivity index (χ0n) is 11.6. The van der Waals surface area contributed by atoms with Crippen LogP contribution in [-0.2, 0) is 4.74 Å². The summed E-state index contributed by atoms with van der Waals surface area (Å²) in [5.74, 6) is 0.688. The van der Waals surface area contributed by atoms with Crippen LogP contribution >= 0.6 is 0 Å². The number of benzene rings is 1. The third kappa shape index (κ3) is 1.74. The Bertz CT molecular complexity index is 440. The molecule has 1 aliphatic carbocycles. The molecular formula is C16H23NO. The first-order chi connectivity index (χ1) is 8.60. The van der Waals surface area contributed by atoms with Crippen molar-refractivity contribution in [1.29, 1.82) is 0 Å². The summed E-state index contributed by atoms with van der Waals surface area (Å²) in [5.41, 5.74) is 2.85. The smallest absolute Gasteiger partial charge is 0.0693 e. The van der Waals surface area contributed by atoms with Gasteiger partial charge in [0, 0.05) is 29.7 Å². The van der Waals surface area contributed by atoms with Gasteiger partial charge in [-0.25, -0.2) is 0 Å². The highest BCUT2D eigenvalue weighted by molar-refractivity contribution is 5.52. The topological polar surface area (TPSA) is 21.3 Å². The van der Waals surface area contributed by atoms with Gasteiger partial charge in [-0.2, -0.15) is 0 Å². The van der Waals surface area contributed by atoms with Crippen LogP contribution in [-0.4, -0.2) is 18.8 Å². The molecule has 0 aromatic heterocycles. The van der Waals surface area contributed by atoms with Gasteiger partial charge in [0.2, 0.25) is 0 Å². The van der Waals surface area contributed by atoms with Crippen LogP contribution in [0.4, 0.5) is 5.69 Å². The summed E-state index contributed by atoms with van der Waals surface area (Å²) in [6, 6.07) is 9.10. The second-order valence-corrected chi connectivity index (χ2v) is 6.36. The number of hydrogen-bond donors (Lipinski definition) is 1. The van der Waals surface area contributed by atoms with Crippen LogP contribution in [0.5, 0.6) is 0 Å². The standard InChI is InChI=1S/C16H23NO/c1-11-7-4-5-9-13(11)17-14-12-8-6-10-18-15(12)16(14,2)3/h4-5,7,9,12,14-15,17H,6,8,10H2,1-3H3.